The van der Waals surface area contributed by atoms with E-state index in [9.17, 15) is 13.2 Å². The average molecular weight is 550 g/mol. The molecule has 0 aromatic heterocycles. The number of halogens is 2. The summed E-state index contributed by atoms with van der Waals surface area (Å²) in [6, 6.07) is 16.0. The first-order valence-corrected chi connectivity index (χ1v) is 13.7. The van der Waals surface area contributed by atoms with E-state index >= 15 is 0 Å². The molecule has 0 saturated heterocycles. The van der Waals surface area contributed by atoms with Gasteiger partial charge in [0.05, 0.1) is 33.8 Å². The lowest BCUT2D eigenvalue weighted by Gasteiger charge is -2.26. The predicted molar refractivity (Wildman–Crippen MR) is 146 cm³/mol. The van der Waals surface area contributed by atoms with Crippen LogP contribution in [0.3, 0.4) is 0 Å². The molecule has 0 aliphatic heterocycles. The van der Waals surface area contributed by atoms with Gasteiger partial charge in [-0.2, -0.15) is 0 Å². The maximum atomic E-state index is 13.5. The summed E-state index contributed by atoms with van der Waals surface area (Å²) in [4.78, 5) is 13.3. The van der Waals surface area contributed by atoms with E-state index in [1.165, 1.54) is 30.3 Å². The Balaban J connectivity index is 1.93. The Kier molecular flexibility index (Phi) is 8.93. The number of benzene rings is 3. The molecule has 0 aliphatic rings. The maximum Gasteiger partial charge on any atom is 0.264 e. The minimum atomic E-state index is -4.06. The zero-order chi connectivity index (χ0) is 26.6. The van der Waals surface area contributed by atoms with Crippen LogP contribution in [0.15, 0.2) is 65.6 Å². The van der Waals surface area contributed by atoms with Gasteiger partial charge in [-0.05, 0) is 78.9 Å². The van der Waals surface area contributed by atoms with Gasteiger partial charge in [-0.15, -0.1) is 0 Å². The van der Waals surface area contributed by atoms with Crippen LogP contribution in [0.5, 0.6) is 5.75 Å². The highest BCUT2D eigenvalue weighted by Crippen LogP contribution is 2.33. The molecule has 0 bridgehead atoms. The van der Waals surface area contributed by atoms with Crippen molar-refractivity contribution < 1.29 is 17.9 Å². The topological polar surface area (TPSA) is 75.7 Å². The highest BCUT2D eigenvalue weighted by atomic mass is 35.5. The molecule has 0 heterocycles. The third-order valence-corrected chi connectivity index (χ3v) is 8.42. The molecule has 192 valence electrons. The average Bonchev–Trinajstić information content (AvgIpc) is 2.84. The van der Waals surface area contributed by atoms with E-state index in [0.29, 0.717) is 0 Å². The molecule has 0 saturated carbocycles. The van der Waals surface area contributed by atoms with Crippen molar-refractivity contribution in [3.63, 3.8) is 0 Å². The van der Waals surface area contributed by atoms with Gasteiger partial charge in [0.15, 0.2) is 0 Å². The van der Waals surface area contributed by atoms with E-state index in [1.54, 1.807) is 25.3 Å². The standard InChI is InChI=1S/C27H30Cl2N2O4S/c1-17(2)22-15-23(18(3)13-26(22)35-5)19(4)30-27(32)16-31(20-11-12-24(28)25(29)14-20)36(33,34)21-9-7-6-8-10-21/h6-15,17,19H,16H2,1-5H3,(H,30,32)/t19-/m1/s1. The van der Waals surface area contributed by atoms with Gasteiger partial charge in [0.25, 0.3) is 10.0 Å². The van der Waals surface area contributed by atoms with Crippen molar-refractivity contribution in [2.45, 2.75) is 44.6 Å². The third-order valence-electron chi connectivity index (χ3n) is 5.89. The van der Waals surface area contributed by atoms with Gasteiger partial charge in [0.2, 0.25) is 5.91 Å². The van der Waals surface area contributed by atoms with Gasteiger partial charge < -0.3 is 10.1 Å². The van der Waals surface area contributed by atoms with Crippen molar-refractivity contribution in [3.8, 4) is 5.75 Å². The first-order chi connectivity index (χ1) is 16.9. The monoisotopic (exact) mass is 548 g/mol. The Hall–Kier alpha value is -2.74. The maximum absolute atomic E-state index is 13.5. The molecule has 36 heavy (non-hydrogen) atoms. The van der Waals surface area contributed by atoms with Crippen LogP contribution in [-0.4, -0.2) is 28.0 Å². The normalized spacial score (nSPS) is 12.3. The van der Waals surface area contributed by atoms with Crippen LogP contribution in [-0.2, 0) is 14.8 Å². The van der Waals surface area contributed by atoms with Crippen molar-refractivity contribution in [1.29, 1.82) is 0 Å². The van der Waals surface area contributed by atoms with E-state index in [-0.39, 0.29) is 32.6 Å². The molecular weight excluding hydrogens is 519 g/mol. The number of aryl methyl sites for hydroxylation is 1. The van der Waals surface area contributed by atoms with Crippen molar-refractivity contribution in [1.82, 2.24) is 5.32 Å². The van der Waals surface area contributed by atoms with Crippen LogP contribution in [0.4, 0.5) is 5.69 Å². The van der Waals surface area contributed by atoms with E-state index in [2.05, 4.69) is 19.2 Å². The summed E-state index contributed by atoms with van der Waals surface area (Å²) in [7, 11) is -2.42. The van der Waals surface area contributed by atoms with Crippen molar-refractivity contribution in [2.75, 3.05) is 18.0 Å². The second-order valence-electron chi connectivity index (χ2n) is 8.82. The molecule has 9 heteroatoms. The lowest BCUT2D eigenvalue weighted by molar-refractivity contribution is -0.120. The van der Waals surface area contributed by atoms with Crippen LogP contribution >= 0.6 is 23.2 Å². The highest BCUT2D eigenvalue weighted by Gasteiger charge is 2.28. The summed E-state index contributed by atoms with van der Waals surface area (Å²) in [5.74, 6) is 0.558. The zero-order valence-corrected chi connectivity index (χ0v) is 23.2. The number of rotatable bonds is 9. The Morgan fingerprint density at radius 1 is 0.972 bits per heavy atom. The van der Waals surface area contributed by atoms with Gasteiger partial charge >= 0.3 is 0 Å². The Labute approximate surface area is 223 Å². The molecule has 0 unspecified atom stereocenters. The van der Waals surface area contributed by atoms with Gasteiger partial charge in [-0.25, -0.2) is 8.42 Å². The Bertz CT molecular complexity index is 1350. The number of ether oxygens (including phenoxy) is 1. The molecule has 1 N–H and O–H groups in total. The van der Waals surface area contributed by atoms with Crippen LogP contribution in [0.2, 0.25) is 10.0 Å². The van der Waals surface area contributed by atoms with E-state index in [0.717, 1.165) is 26.7 Å². The number of amides is 1. The van der Waals surface area contributed by atoms with Crippen LogP contribution < -0.4 is 14.4 Å². The van der Waals surface area contributed by atoms with Crippen molar-refractivity contribution in [3.05, 3.63) is 87.4 Å². The minimum Gasteiger partial charge on any atom is -0.496 e. The molecule has 6 nitrogen and oxygen atoms in total. The fourth-order valence-corrected chi connectivity index (χ4v) is 5.71. The first-order valence-electron chi connectivity index (χ1n) is 11.5. The van der Waals surface area contributed by atoms with Crippen LogP contribution in [0, 0.1) is 6.92 Å². The molecule has 1 amide bonds. The number of carbonyl (C=O) groups is 1. The lowest BCUT2D eigenvalue weighted by atomic mass is 9.93. The summed E-state index contributed by atoms with van der Waals surface area (Å²) in [5, 5.41) is 3.42. The second-order valence-corrected chi connectivity index (χ2v) is 11.5. The van der Waals surface area contributed by atoms with Crippen LogP contribution in [0.25, 0.3) is 0 Å². The number of carbonyl (C=O) groups excluding carboxylic acids is 1. The molecule has 3 rings (SSSR count). The number of nitrogens with zero attached hydrogens (tertiary/aromatic N) is 1. The van der Waals surface area contributed by atoms with Crippen molar-refractivity contribution >= 4 is 44.8 Å². The molecule has 1 atom stereocenters. The number of hydrogen-bond donors (Lipinski definition) is 1. The largest absolute Gasteiger partial charge is 0.496 e. The number of hydrogen-bond acceptors (Lipinski definition) is 4. The molecule has 0 radical (unpaired) electrons. The van der Waals surface area contributed by atoms with E-state index in [4.69, 9.17) is 27.9 Å². The number of methoxy groups -OCH3 is 1. The van der Waals surface area contributed by atoms with Gasteiger partial charge in [-0.3, -0.25) is 9.10 Å². The second kappa shape index (κ2) is 11.5. The first kappa shape index (κ1) is 27.8. The summed E-state index contributed by atoms with van der Waals surface area (Å²) < 4.78 is 33.6. The molecule has 0 aliphatic carbocycles. The molecule has 0 fully saturated rings. The predicted octanol–water partition coefficient (Wildman–Crippen LogP) is 6.51. The van der Waals surface area contributed by atoms with Crippen LogP contribution in [0.1, 0.15) is 49.4 Å². The molecule has 0 spiro atoms. The fraction of sp³-hybridized carbons (Fsp3) is 0.296. The van der Waals surface area contributed by atoms with Gasteiger partial charge in [0.1, 0.15) is 12.3 Å². The summed E-state index contributed by atoms with van der Waals surface area (Å²) in [6.45, 7) is 7.53. The Morgan fingerprint density at radius 3 is 2.22 bits per heavy atom. The van der Waals surface area contributed by atoms with Gasteiger partial charge in [0, 0.05) is 0 Å². The van der Waals surface area contributed by atoms with E-state index < -0.39 is 22.5 Å². The summed E-state index contributed by atoms with van der Waals surface area (Å²) in [5.41, 5.74) is 3.16. The quantitative estimate of drug-likeness (QED) is 0.330. The summed E-state index contributed by atoms with van der Waals surface area (Å²) >= 11 is 12.2. The van der Waals surface area contributed by atoms with Crippen molar-refractivity contribution in [2.24, 2.45) is 0 Å². The zero-order valence-electron chi connectivity index (χ0n) is 20.9. The van der Waals surface area contributed by atoms with E-state index in [1.807, 2.05) is 26.0 Å². The molecule has 3 aromatic carbocycles. The summed E-state index contributed by atoms with van der Waals surface area (Å²) in [6.07, 6.45) is 0. The number of anilines is 1. The Morgan fingerprint density at radius 2 is 1.64 bits per heavy atom. The number of nitrogens with one attached hydrogen (secondary N) is 1. The molecular formula is C27H30Cl2N2O4S. The third kappa shape index (κ3) is 6.14. The van der Waals surface area contributed by atoms with Gasteiger partial charge in [-0.1, -0.05) is 55.2 Å². The fourth-order valence-electron chi connectivity index (χ4n) is 3.98. The lowest BCUT2D eigenvalue weighted by Crippen LogP contribution is -2.41. The highest BCUT2D eigenvalue weighted by molar-refractivity contribution is 7.92. The smallest absolute Gasteiger partial charge is 0.264 e. The SMILES string of the molecule is COc1cc(C)c([C@@H](C)NC(=O)CN(c2ccc(Cl)c(Cl)c2)S(=O)(=O)c2ccccc2)cc1C(C)C. The molecule has 3 aromatic rings. The minimum absolute atomic E-state index is 0.0597. The number of sulfonamides is 1.